The van der Waals surface area contributed by atoms with Gasteiger partial charge >= 0.3 is 0 Å². The molecular formula is C15H25N3. The highest BCUT2D eigenvalue weighted by molar-refractivity contribution is 5.26. The molecule has 2 atom stereocenters. The van der Waals surface area contributed by atoms with Gasteiger partial charge in [0.25, 0.3) is 0 Å². The van der Waals surface area contributed by atoms with Gasteiger partial charge in [-0.2, -0.15) is 0 Å². The highest BCUT2D eigenvalue weighted by atomic mass is 15.2. The van der Waals surface area contributed by atoms with Crippen molar-refractivity contribution in [2.24, 2.45) is 0 Å². The summed E-state index contributed by atoms with van der Waals surface area (Å²) in [4.78, 5) is 4.74. The minimum atomic E-state index is 0.438. The Morgan fingerprint density at radius 2 is 2.17 bits per heavy atom. The van der Waals surface area contributed by atoms with Gasteiger partial charge < -0.3 is 15.1 Å². The number of hydrogen-bond acceptors (Lipinski definition) is 3. The van der Waals surface area contributed by atoms with Crippen molar-refractivity contribution < 1.29 is 0 Å². The van der Waals surface area contributed by atoms with Crippen LogP contribution in [0.1, 0.15) is 17.2 Å². The number of nitrogens with zero attached hydrogens (tertiary/aromatic N) is 2. The summed E-state index contributed by atoms with van der Waals surface area (Å²) in [5.74, 6) is 0. The average molecular weight is 247 g/mol. The van der Waals surface area contributed by atoms with Gasteiger partial charge in [0.05, 0.1) is 6.04 Å². The minimum Gasteiger partial charge on any atom is -0.310 e. The lowest BCUT2D eigenvalue weighted by Crippen LogP contribution is -2.54. The van der Waals surface area contributed by atoms with Crippen LogP contribution in [-0.4, -0.2) is 56.6 Å². The van der Waals surface area contributed by atoms with Crippen molar-refractivity contribution >= 4 is 0 Å². The van der Waals surface area contributed by atoms with E-state index in [0.717, 1.165) is 19.6 Å². The summed E-state index contributed by atoms with van der Waals surface area (Å²) in [7, 11) is 6.55. The van der Waals surface area contributed by atoms with E-state index in [2.05, 4.69) is 67.4 Å². The molecule has 0 spiro atoms. The number of likely N-dealkylation sites (N-methyl/N-ethyl adjacent to an activating group) is 2. The molecule has 0 amide bonds. The Kier molecular flexibility index (Phi) is 4.38. The Bertz CT molecular complexity index is 389. The largest absolute Gasteiger partial charge is 0.310 e. The molecule has 18 heavy (non-hydrogen) atoms. The van der Waals surface area contributed by atoms with Crippen LogP contribution in [0.25, 0.3) is 0 Å². The summed E-state index contributed by atoms with van der Waals surface area (Å²) in [6, 6.07) is 9.81. The van der Waals surface area contributed by atoms with Gasteiger partial charge in [-0.15, -0.1) is 0 Å². The number of nitrogens with one attached hydrogen (secondary N) is 1. The predicted molar refractivity (Wildman–Crippen MR) is 76.9 cm³/mol. The van der Waals surface area contributed by atoms with Crippen LogP contribution >= 0.6 is 0 Å². The number of piperazine rings is 1. The molecule has 0 saturated carbocycles. The molecule has 0 aromatic heterocycles. The van der Waals surface area contributed by atoms with Crippen LogP contribution < -0.4 is 5.32 Å². The van der Waals surface area contributed by atoms with Crippen LogP contribution in [-0.2, 0) is 0 Å². The smallest absolute Gasteiger partial charge is 0.0508 e. The molecule has 0 bridgehead atoms. The average Bonchev–Trinajstić information content (AvgIpc) is 2.28. The van der Waals surface area contributed by atoms with Gasteiger partial charge in [0.1, 0.15) is 0 Å². The van der Waals surface area contributed by atoms with Gasteiger partial charge in [-0.3, -0.25) is 0 Å². The van der Waals surface area contributed by atoms with Crippen molar-refractivity contribution in [2.75, 3.05) is 40.8 Å². The van der Waals surface area contributed by atoms with E-state index in [1.807, 2.05) is 0 Å². The van der Waals surface area contributed by atoms with Gasteiger partial charge in [0.2, 0.25) is 0 Å². The first-order chi connectivity index (χ1) is 8.58. The molecule has 0 aliphatic carbocycles. The Hall–Kier alpha value is -0.900. The molecule has 1 saturated heterocycles. The number of aryl methyl sites for hydroxylation is 1. The molecule has 100 valence electrons. The van der Waals surface area contributed by atoms with Gasteiger partial charge in [-0.05, 0) is 33.6 Å². The van der Waals surface area contributed by atoms with E-state index in [-0.39, 0.29) is 0 Å². The van der Waals surface area contributed by atoms with Crippen LogP contribution in [0, 0.1) is 6.92 Å². The van der Waals surface area contributed by atoms with E-state index >= 15 is 0 Å². The fraction of sp³-hybridized carbons (Fsp3) is 0.600. The second-order valence-electron chi connectivity index (χ2n) is 5.65. The molecule has 3 heteroatoms. The molecule has 1 fully saturated rings. The maximum absolute atomic E-state index is 3.67. The zero-order valence-corrected chi connectivity index (χ0v) is 12.0. The first-order valence-electron chi connectivity index (χ1n) is 6.73. The summed E-state index contributed by atoms with van der Waals surface area (Å²) >= 11 is 0. The Balaban J connectivity index is 2.22. The highest BCUT2D eigenvalue weighted by Crippen LogP contribution is 2.24. The fourth-order valence-electron chi connectivity index (χ4n) is 2.89. The molecule has 2 rings (SSSR count). The SMILES string of the molecule is Cc1cccc(C(C2CN(C)CCN2)N(C)C)c1. The molecule has 1 heterocycles. The quantitative estimate of drug-likeness (QED) is 0.873. The van der Waals surface area contributed by atoms with Crippen LogP contribution in [0.5, 0.6) is 0 Å². The molecule has 1 aromatic carbocycles. The first-order valence-corrected chi connectivity index (χ1v) is 6.73. The second-order valence-corrected chi connectivity index (χ2v) is 5.65. The summed E-state index contributed by atoms with van der Waals surface area (Å²) in [5.41, 5.74) is 2.75. The number of rotatable bonds is 3. The third-order valence-corrected chi connectivity index (χ3v) is 3.73. The van der Waals surface area contributed by atoms with Crippen molar-refractivity contribution in [2.45, 2.75) is 19.0 Å². The third-order valence-electron chi connectivity index (χ3n) is 3.73. The molecule has 0 radical (unpaired) electrons. The summed E-state index contributed by atoms with van der Waals surface area (Å²) in [6.45, 7) is 5.50. The molecule has 1 aliphatic heterocycles. The van der Waals surface area contributed by atoms with Gasteiger partial charge in [0.15, 0.2) is 0 Å². The van der Waals surface area contributed by atoms with Gasteiger partial charge in [-0.25, -0.2) is 0 Å². The van der Waals surface area contributed by atoms with E-state index in [1.54, 1.807) is 0 Å². The standard InChI is InChI=1S/C15H25N3/c1-12-6-5-7-13(10-12)15(17(2)3)14-11-18(4)9-8-16-14/h5-7,10,14-16H,8-9,11H2,1-4H3. The Morgan fingerprint density at radius 1 is 1.39 bits per heavy atom. The highest BCUT2D eigenvalue weighted by Gasteiger charge is 2.28. The first kappa shape index (κ1) is 13.5. The van der Waals surface area contributed by atoms with E-state index in [4.69, 9.17) is 0 Å². The van der Waals surface area contributed by atoms with Crippen LogP contribution in [0.15, 0.2) is 24.3 Å². The van der Waals surface area contributed by atoms with Crippen LogP contribution in [0.4, 0.5) is 0 Å². The van der Waals surface area contributed by atoms with Crippen LogP contribution in [0.2, 0.25) is 0 Å². The maximum Gasteiger partial charge on any atom is 0.0508 e. The lowest BCUT2D eigenvalue weighted by Gasteiger charge is -2.39. The van der Waals surface area contributed by atoms with E-state index in [1.165, 1.54) is 11.1 Å². The topological polar surface area (TPSA) is 18.5 Å². The second kappa shape index (κ2) is 5.83. The van der Waals surface area contributed by atoms with Crippen molar-refractivity contribution in [3.63, 3.8) is 0 Å². The Morgan fingerprint density at radius 3 is 2.78 bits per heavy atom. The predicted octanol–water partition coefficient (Wildman–Crippen LogP) is 1.50. The van der Waals surface area contributed by atoms with E-state index in [0.29, 0.717) is 12.1 Å². The van der Waals surface area contributed by atoms with Crippen molar-refractivity contribution in [3.8, 4) is 0 Å². The van der Waals surface area contributed by atoms with E-state index in [9.17, 15) is 0 Å². The van der Waals surface area contributed by atoms with Gasteiger partial charge in [0, 0.05) is 25.7 Å². The van der Waals surface area contributed by atoms with Crippen molar-refractivity contribution in [3.05, 3.63) is 35.4 Å². The van der Waals surface area contributed by atoms with Crippen LogP contribution in [0.3, 0.4) is 0 Å². The molecule has 3 nitrogen and oxygen atoms in total. The van der Waals surface area contributed by atoms with Gasteiger partial charge in [-0.1, -0.05) is 29.8 Å². The molecule has 1 N–H and O–H groups in total. The fourth-order valence-corrected chi connectivity index (χ4v) is 2.89. The maximum atomic E-state index is 3.67. The van der Waals surface area contributed by atoms with Crippen molar-refractivity contribution in [1.29, 1.82) is 0 Å². The zero-order chi connectivity index (χ0) is 13.1. The zero-order valence-electron chi connectivity index (χ0n) is 12.0. The Labute approximate surface area is 111 Å². The molecule has 1 aromatic rings. The van der Waals surface area contributed by atoms with E-state index < -0.39 is 0 Å². The summed E-state index contributed by atoms with van der Waals surface area (Å²) in [5, 5.41) is 3.67. The number of benzene rings is 1. The summed E-state index contributed by atoms with van der Waals surface area (Å²) < 4.78 is 0. The molecule has 1 aliphatic rings. The molecular weight excluding hydrogens is 222 g/mol. The lowest BCUT2D eigenvalue weighted by atomic mass is 9.95. The monoisotopic (exact) mass is 247 g/mol. The summed E-state index contributed by atoms with van der Waals surface area (Å²) in [6.07, 6.45) is 0. The lowest BCUT2D eigenvalue weighted by molar-refractivity contribution is 0.154. The minimum absolute atomic E-state index is 0.438. The normalized spacial score (nSPS) is 23.3. The number of hydrogen-bond donors (Lipinski definition) is 1. The third kappa shape index (κ3) is 3.10. The molecule has 2 unspecified atom stereocenters. The van der Waals surface area contributed by atoms with Crippen molar-refractivity contribution in [1.82, 2.24) is 15.1 Å².